The first kappa shape index (κ1) is 11.5. The van der Waals surface area contributed by atoms with Gasteiger partial charge in [-0.2, -0.15) is 13.2 Å². The maximum atomic E-state index is 12.7. The Morgan fingerprint density at radius 2 is 1.88 bits per heavy atom. The predicted molar refractivity (Wildman–Crippen MR) is 54.0 cm³/mol. The molecule has 1 nitrogen and oxygen atoms in total. The summed E-state index contributed by atoms with van der Waals surface area (Å²) in [6, 6.07) is 5.66. The van der Waals surface area contributed by atoms with Crippen molar-refractivity contribution in [2.45, 2.75) is 24.9 Å². The molecule has 0 radical (unpaired) electrons. The van der Waals surface area contributed by atoms with Crippen molar-refractivity contribution in [2.24, 2.45) is 5.92 Å². The second-order valence-corrected chi connectivity index (χ2v) is 4.21. The molecule has 2 unspecified atom stereocenters. The van der Waals surface area contributed by atoms with E-state index in [1.807, 2.05) is 0 Å². The van der Waals surface area contributed by atoms with Gasteiger partial charge in [0.25, 0.3) is 0 Å². The SMILES string of the molecule is OCC1CCC1c1ccccc1C(F)(F)F. The monoisotopic (exact) mass is 230 g/mol. The van der Waals surface area contributed by atoms with Crippen LogP contribution < -0.4 is 0 Å². The van der Waals surface area contributed by atoms with Crippen LogP contribution in [0.2, 0.25) is 0 Å². The standard InChI is InChI=1S/C12H13F3O/c13-12(14,15)11-4-2-1-3-10(11)9-6-5-8(9)7-16/h1-4,8-9,16H,5-7H2. The first-order valence-electron chi connectivity index (χ1n) is 5.31. The van der Waals surface area contributed by atoms with Crippen molar-refractivity contribution in [1.82, 2.24) is 0 Å². The summed E-state index contributed by atoms with van der Waals surface area (Å²) in [6.07, 6.45) is -2.75. The zero-order valence-corrected chi connectivity index (χ0v) is 8.67. The average Bonchev–Trinajstić information content (AvgIpc) is 2.16. The van der Waals surface area contributed by atoms with Gasteiger partial charge < -0.3 is 5.11 Å². The molecule has 88 valence electrons. The van der Waals surface area contributed by atoms with E-state index in [1.54, 1.807) is 6.07 Å². The van der Waals surface area contributed by atoms with Crippen LogP contribution in [0.25, 0.3) is 0 Å². The van der Waals surface area contributed by atoms with Crippen LogP contribution in [0.4, 0.5) is 13.2 Å². The van der Waals surface area contributed by atoms with Gasteiger partial charge in [0.15, 0.2) is 0 Å². The van der Waals surface area contributed by atoms with Crippen molar-refractivity contribution in [3.63, 3.8) is 0 Å². The number of rotatable bonds is 2. The number of halogens is 3. The Balaban J connectivity index is 2.34. The Labute approximate surface area is 91.9 Å². The minimum atomic E-state index is -4.30. The summed E-state index contributed by atoms with van der Waals surface area (Å²) in [5.74, 6) is -0.147. The van der Waals surface area contributed by atoms with Crippen LogP contribution in [0.1, 0.15) is 29.9 Å². The zero-order valence-electron chi connectivity index (χ0n) is 8.67. The fourth-order valence-corrected chi connectivity index (χ4v) is 2.28. The molecule has 1 aliphatic rings. The van der Waals surface area contributed by atoms with E-state index in [4.69, 9.17) is 5.11 Å². The zero-order chi connectivity index (χ0) is 11.8. The number of aliphatic hydroxyl groups is 1. The molecule has 0 amide bonds. The molecule has 0 saturated heterocycles. The number of aliphatic hydroxyl groups excluding tert-OH is 1. The van der Waals surface area contributed by atoms with E-state index in [0.717, 1.165) is 18.9 Å². The maximum absolute atomic E-state index is 12.7. The van der Waals surface area contributed by atoms with E-state index in [0.29, 0.717) is 5.56 Å². The van der Waals surface area contributed by atoms with E-state index >= 15 is 0 Å². The number of hydrogen-bond donors (Lipinski definition) is 1. The van der Waals surface area contributed by atoms with Crippen molar-refractivity contribution in [3.05, 3.63) is 35.4 Å². The molecule has 16 heavy (non-hydrogen) atoms. The largest absolute Gasteiger partial charge is 0.416 e. The summed E-state index contributed by atoms with van der Waals surface area (Å²) >= 11 is 0. The van der Waals surface area contributed by atoms with Crippen molar-refractivity contribution in [2.75, 3.05) is 6.61 Å². The van der Waals surface area contributed by atoms with Gasteiger partial charge in [-0.15, -0.1) is 0 Å². The molecular formula is C12H13F3O. The summed E-state index contributed by atoms with van der Waals surface area (Å²) < 4.78 is 38.2. The number of hydrogen-bond acceptors (Lipinski definition) is 1. The molecule has 1 aromatic carbocycles. The van der Waals surface area contributed by atoms with E-state index < -0.39 is 11.7 Å². The van der Waals surface area contributed by atoms with Crippen LogP contribution >= 0.6 is 0 Å². The molecular weight excluding hydrogens is 217 g/mol. The molecule has 1 saturated carbocycles. The van der Waals surface area contributed by atoms with Crippen LogP contribution in [-0.2, 0) is 6.18 Å². The summed E-state index contributed by atoms with van der Waals surface area (Å²) in [6.45, 7) is -0.0309. The van der Waals surface area contributed by atoms with Crippen LogP contribution in [0.15, 0.2) is 24.3 Å². The summed E-state index contributed by atoms with van der Waals surface area (Å²) in [5, 5.41) is 9.03. The summed E-state index contributed by atoms with van der Waals surface area (Å²) in [7, 11) is 0. The Kier molecular flexibility index (Phi) is 2.93. The molecule has 0 heterocycles. The van der Waals surface area contributed by atoms with Crippen molar-refractivity contribution in [1.29, 1.82) is 0 Å². The predicted octanol–water partition coefficient (Wildman–Crippen LogP) is 3.19. The number of alkyl halides is 3. The Morgan fingerprint density at radius 1 is 1.19 bits per heavy atom. The highest BCUT2D eigenvalue weighted by Gasteiger charge is 2.39. The first-order valence-corrected chi connectivity index (χ1v) is 5.31. The molecule has 1 aromatic rings. The van der Waals surface area contributed by atoms with Gasteiger partial charge in [-0.05, 0) is 36.3 Å². The fraction of sp³-hybridized carbons (Fsp3) is 0.500. The highest BCUT2D eigenvalue weighted by molar-refractivity contribution is 5.34. The molecule has 1 N–H and O–H groups in total. The Hall–Kier alpha value is -1.03. The third kappa shape index (κ3) is 1.94. The van der Waals surface area contributed by atoms with Crippen molar-refractivity contribution in [3.8, 4) is 0 Å². The second kappa shape index (κ2) is 4.09. The van der Waals surface area contributed by atoms with E-state index in [9.17, 15) is 13.2 Å². The highest BCUT2D eigenvalue weighted by atomic mass is 19.4. The van der Waals surface area contributed by atoms with Crippen LogP contribution in [0.5, 0.6) is 0 Å². The van der Waals surface area contributed by atoms with Gasteiger partial charge in [-0.1, -0.05) is 18.2 Å². The van der Waals surface area contributed by atoms with E-state index in [-0.39, 0.29) is 18.4 Å². The molecule has 2 atom stereocenters. The van der Waals surface area contributed by atoms with Gasteiger partial charge in [0.1, 0.15) is 0 Å². The lowest BCUT2D eigenvalue weighted by Gasteiger charge is -2.37. The van der Waals surface area contributed by atoms with Gasteiger partial charge in [-0.25, -0.2) is 0 Å². The quantitative estimate of drug-likeness (QED) is 0.827. The molecule has 2 rings (SSSR count). The molecule has 0 aliphatic heterocycles. The van der Waals surface area contributed by atoms with Crippen molar-refractivity contribution >= 4 is 0 Å². The van der Waals surface area contributed by atoms with Crippen LogP contribution in [0, 0.1) is 5.92 Å². The first-order chi connectivity index (χ1) is 7.54. The molecule has 0 spiro atoms. The second-order valence-electron chi connectivity index (χ2n) is 4.21. The minimum absolute atomic E-state index is 0.0106. The number of benzene rings is 1. The van der Waals surface area contributed by atoms with Gasteiger partial charge in [0.2, 0.25) is 0 Å². The minimum Gasteiger partial charge on any atom is -0.396 e. The third-order valence-electron chi connectivity index (χ3n) is 3.32. The highest BCUT2D eigenvalue weighted by Crippen LogP contribution is 2.46. The van der Waals surface area contributed by atoms with Crippen LogP contribution in [0.3, 0.4) is 0 Å². The van der Waals surface area contributed by atoms with Crippen molar-refractivity contribution < 1.29 is 18.3 Å². The Morgan fingerprint density at radius 3 is 2.38 bits per heavy atom. The summed E-state index contributed by atoms with van der Waals surface area (Å²) in [5.41, 5.74) is -0.224. The lowest BCUT2D eigenvalue weighted by molar-refractivity contribution is -0.138. The lowest BCUT2D eigenvalue weighted by Crippen LogP contribution is -2.28. The topological polar surface area (TPSA) is 20.2 Å². The maximum Gasteiger partial charge on any atom is 0.416 e. The van der Waals surface area contributed by atoms with E-state index in [1.165, 1.54) is 12.1 Å². The fourth-order valence-electron chi connectivity index (χ4n) is 2.28. The van der Waals surface area contributed by atoms with Gasteiger partial charge in [-0.3, -0.25) is 0 Å². The smallest absolute Gasteiger partial charge is 0.396 e. The summed E-state index contributed by atoms with van der Waals surface area (Å²) in [4.78, 5) is 0. The molecule has 0 aromatic heterocycles. The molecule has 1 aliphatic carbocycles. The molecule has 1 fully saturated rings. The van der Waals surface area contributed by atoms with Gasteiger partial charge in [0, 0.05) is 6.61 Å². The van der Waals surface area contributed by atoms with Crippen LogP contribution in [-0.4, -0.2) is 11.7 Å². The molecule has 0 bridgehead atoms. The Bertz CT molecular complexity index is 371. The van der Waals surface area contributed by atoms with E-state index in [2.05, 4.69) is 0 Å². The normalized spacial score (nSPS) is 25.2. The average molecular weight is 230 g/mol. The van der Waals surface area contributed by atoms with Gasteiger partial charge in [0.05, 0.1) is 5.56 Å². The lowest BCUT2D eigenvalue weighted by atomic mass is 9.69. The van der Waals surface area contributed by atoms with Gasteiger partial charge >= 0.3 is 6.18 Å². The molecule has 4 heteroatoms. The third-order valence-corrected chi connectivity index (χ3v) is 3.32.